The highest BCUT2D eigenvalue weighted by molar-refractivity contribution is 6.17. The lowest BCUT2D eigenvalue weighted by Crippen LogP contribution is -1.94. The van der Waals surface area contributed by atoms with Crippen molar-refractivity contribution in [3.63, 3.8) is 0 Å². The van der Waals surface area contributed by atoms with Gasteiger partial charge < -0.3 is 0 Å². The highest BCUT2D eigenvalue weighted by Crippen LogP contribution is 2.21. The van der Waals surface area contributed by atoms with Crippen molar-refractivity contribution < 1.29 is 0 Å². The van der Waals surface area contributed by atoms with Gasteiger partial charge in [-0.1, -0.05) is 25.5 Å². The van der Waals surface area contributed by atoms with Crippen LogP contribution in [0.25, 0.3) is 0 Å². The lowest BCUT2D eigenvalue weighted by molar-refractivity contribution is 0.626. The molecular weight excluding hydrogens is 206 g/mol. The van der Waals surface area contributed by atoms with Crippen LogP contribution < -0.4 is 0 Å². The summed E-state index contributed by atoms with van der Waals surface area (Å²) in [7, 11) is 0. The molecule has 0 radical (unpaired) electrons. The lowest BCUT2D eigenvalue weighted by Gasteiger charge is -2.10. The Bertz CT molecular complexity index is 323. The van der Waals surface area contributed by atoms with E-state index in [1.807, 2.05) is 24.3 Å². The van der Waals surface area contributed by atoms with E-state index in [4.69, 9.17) is 16.9 Å². The van der Waals surface area contributed by atoms with E-state index in [1.165, 1.54) is 18.4 Å². The number of nitriles is 1. The first-order valence-corrected chi connectivity index (χ1v) is 5.87. The minimum absolute atomic E-state index is 0.556. The van der Waals surface area contributed by atoms with Crippen molar-refractivity contribution in [1.29, 1.82) is 5.26 Å². The number of hydrogen-bond acceptors (Lipinski definition) is 1. The zero-order chi connectivity index (χ0) is 11.1. The predicted octanol–water partition coefficient (Wildman–Crippen LogP) is 4.07. The number of hydrogen-bond donors (Lipinski definition) is 0. The van der Waals surface area contributed by atoms with Crippen LogP contribution in [0.1, 0.15) is 43.2 Å². The minimum Gasteiger partial charge on any atom is -0.192 e. The highest BCUT2D eigenvalue weighted by atomic mass is 35.5. The summed E-state index contributed by atoms with van der Waals surface area (Å²) in [6.07, 6.45) is 3.42. The fourth-order valence-corrected chi connectivity index (χ4v) is 1.79. The van der Waals surface area contributed by atoms with Gasteiger partial charge in [-0.05, 0) is 36.5 Å². The summed E-state index contributed by atoms with van der Waals surface area (Å²) in [5.74, 6) is 1.31. The van der Waals surface area contributed by atoms with Crippen LogP contribution in [0, 0.1) is 11.3 Å². The first-order chi connectivity index (χ1) is 7.27. The van der Waals surface area contributed by atoms with Crippen LogP contribution in [0.2, 0.25) is 0 Å². The number of unbranched alkanes of at least 4 members (excludes halogenated alkanes) is 1. The standard InChI is InChI=1S/C13H16ClN/c1-11(4-2-3-9-14)13-7-5-12(10-15)6-8-13/h5-8,11H,2-4,9H2,1H3. The molecule has 2 heteroatoms. The first kappa shape index (κ1) is 12.1. The normalized spacial score (nSPS) is 12.1. The SMILES string of the molecule is CC(CCCCCl)c1ccc(C#N)cc1. The van der Waals surface area contributed by atoms with E-state index in [9.17, 15) is 0 Å². The highest BCUT2D eigenvalue weighted by Gasteiger charge is 2.04. The summed E-state index contributed by atoms with van der Waals surface area (Å²) in [5.41, 5.74) is 2.04. The third-order valence-electron chi connectivity index (χ3n) is 2.63. The fraction of sp³-hybridized carbons (Fsp3) is 0.462. The Morgan fingerprint density at radius 1 is 1.27 bits per heavy atom. The van der Waals surface area contributed by atoms with Gasteiger partial charge in [0, 0.05) is 5.88 Å². The Balaban J connectivity index is 2.51. The smallest absolute Gasteiger partial charge is 0.0991 e. The Morgan fingerprint density at radius 2 is 1.93 bits per heavy atom. The van der Waals surface area contributed by atoms with Crippen molar-refractivity contribution >= 4 is 11.6 Å². The molecule has 1 aromatic rings. The molecular formula is C13H16ClN. The molecule has 1 aromatic carbocycles. The van der Waals surface area contributed by atoms with E-state index in [1.54, 1.807) is 0 Å². The van der Waals surface area contributed by atoms with Crippen molar-refractivity contribution in [2.75, 3.05) is 5.88 Å². The summed E-state index contributed by atoms with van der Waals surface area (Å²) in [6.45, 7) is 2.22. The van der Waals surface area contributed by atoms with E-state index in [0.29, 0.717) is 5.92 Å². The van der Waals surface area contributed by atoms with Gasteiger partial charge in [0.1, 0.15) is 0 Å². The van der Waals surface area contributed by atoms with Crippen LogP contribution in [0.4, 0.5) is 0 Å². The van der Waals surface area contributed by atoms with Gasteiger partial charge >= 0.3 is 0 Å². The molecule has 0 saturated carbocycles. The molecule has 0 aliphatic heterocycles. The second-order valence-corrected chi connectivity index (χ2v) is 4.20. The van der Waals surface area contributed by atoms with Crippen molar-refractivity contribution in [3.8, 4) is 6.07 Å². The van der Waals surface area contributed by atoms with Gasteiger partial charge in [0.25, 0.3) is 0 Å². The lowest BCUT2D eigenvalue weighted by atomic mass is 9.95. The molecule has 0 aliphatic carbocycles. The zero-order valence-electron chi connectivity index (χ0n) is 9.04. The minimum atomic E-state index is 0.556. The van der Waals surface area contributed by atoms with E-state index < -0.39 is 0 Å². The molecule has 0 aliphatic rings. The zero-order valence-corrected chi connectivity index (χ0v) is 9.80. The Kier molecular flexibility index (Phi) is 5.21. The average Bonchev–Trinajstić information content (AvgIpc) is 2.29. The molecule has 0 aromatic heterocycles. The molecule has 0 bridgehead atoms. The van der Waals surface area contributed by atoms with E-state index in [-0.39, 0.29) is 0 Å². The Hall–Kier alpha value is -1.00. The van der Waals surface area contributed by atoms with Crippen molar-refractivity contribution in [1.82, 2.24) is 0 Å². The van der Waals surface area contributed by atoms with Crippen LogP contribution in [0.15, 0.2) is 24.3 Å². The van der Waals surface area contributed by atoms with Gasteiger partial charge in [0.15, 0.2) is 0 Å². The maximum absolute atomic E-state index is 8.68. The maximum Gasteiger partial charge on any atom is 0.0991 e. The fourth-order valence-electron chi connectivity index (χ4n) is 1.60. The van der Waals surface area contributed by atoms with E-state index >= 15 is 0 Å². The number of alkyl halides is 1. The Labute approximate surface area is 96.7 Å². The van der Waals surface area contributed by atoms with Crippen molar-refractivity contribution in [3.05, 3.63) is 35.4 Å². The molecule has 0 fully saturated rings. The first-order valence-electron chi connectivity index (χ1n) is 5.34. The average molecular weight is 222 g/mol. The van der Waals surface area contributed by atoms with Gasteiger partial charge in [-0.25, -0.2) is 0 Å². The largest absolute Gasteiger partial charge is 0.192 e. The molecule has 0 N–H and O–H groups in total. The van der Waals surface area contributed by atoms with Gasteiger partial charge in [-0.15, -0.1) is 11.6 Å². The summed E-state index contributed by atoms with van der Waals surface area (Å²) in [6, 6.07) is 9.98. The summed E-state index contributed by atoms with van der Waals surface area (Å²) in [5, 5.41) is 8.68. The van der Waals surface area contributed by atoms with Crippen LogP contribution in [-0.2, 0) is 0 Å². The molecule has 1 unspecified atom stereocenters. The molecule has 0 saturated heterocycles. The second kappa shape index (κ2) is 6.48. The van der Waals surface area contributed by atoms with Crippen LogP contribution in [0.5, 0.6) is 0 Å². The molecule has 1 nitrogen and oxygen atoms in total. The number of rotatable bonds is 5. The van der Waals surface area contributed by atoms with Gasteiger partial charge in [-0.3, -0.25) is 0 Å². The molecule has 0 amide bonds. The molecule has 0 heterocycles. The summed E-state index contributed by atoms with van der Waals surface area (Å²) < 4.78 is 0. The summed E-state index contributed by atoms with van der Waals surface area (Å²) in [4.78, 5) is 0. The van der Waals surface area contributed by atoms with Crippen molar-refractivity contribution in [2.24, 2.45) is 0 Å². The maximum atomic E-state index is 8.68. The number of halogens is 1. The van der Waals surface area contributed by atoms with Crippen molar-refractivity contribution in [2.45, 2.75) is 32.1 Å². The monoisotopic (exact) mass is 221 g/mol. The third-order valence-corrected chi connectivity index (χ3v) is 2.90. The van der Waals surface area contributed by atoms with Crippen LogP contribution in [0.3, 0.4) is 0 Å². The van der Waals surface area contributed by atoms with Gasteiger partial charge in [-0.2, -0.15) is 5.26 Å². The second-order valence-electron chi connectivity index (χ2n) is 3.82. The molecule has 1 rings (SSSR count). The van der Waals surface area contributed by atoms with E-state index in [2.05, 4.69) is 13.0 Å². The molecule has 80 valence electrons. The van der Waals surface area contributed by atoms with Crippen LogP contribution in [-0.4, -0.2) is 5.88 Å². The molecule has 1 atom stereocenters. The van der Waals surface area contributed by atoms with E-state index in [0.717, 1.165) is 17.9 Å². The predicted molar refractivity (Wildman–Crippen MR) is 64.1 cm³/mol. The quantitative estimate of drug-likeness (QED) is 0.543. The molecule has 15 heavy (non-hydrogen) atoms. The van der Waals surface area contributed by atoms with Crippen LogP contribution >= 0.6 is 11.6 Å². The Morgan fingerprint density at radius 3 is 2.47 bits per heavy atom. The number of nitrogens with zero attached hydrogens (tertiary/aromatic N) is 1. The van der Waals surface area contributed by atoms with Gasteiger partial charge in [0.05, 0.1) is 11.6 Å². The van der Waals surface area contributed by atoms with Gasteiger partial charge in [0.2, 0.25) is 0 Å². The molecule has 0 spiro atoms. The number of benzene rings is 1. The third kappa shape index (κ3) is 3.93. The topological polar surface area (TPSA) is 23.8 Å². The summed E-state index contributed by atoms with van der Waals surface area (Å²) >= 11 is 5.63.